The number of carbonyl (C=O) groups excluding carboxylic acids is 2. The van der Waals surface area contributed by atoms with Gasteiger partial charge in [0, 0.05) is 48.1 Å². The summed E-state index contributed by atoms with van der Waals surface area (Å²) in [5.74, 6) is -0.198. The summed E-state index contributed by atoms with van der Waals surface area (Å²) in [6.45, 7) is 0.356. The van der Waals surface area contributed by atoms with Gasteiger partial charge in [0.2, 0.25) is 5.88 Å². The van der Waals surface area contributed by atoms with Gasteiger partial charge in [-0.15, -0.1) is 0 Å². The van der Waals surface area contributed by atoms with Crippen molar-refractivity contribution < 1.29 is 27.5 Å². The Kier molecular flexibility index (Phi) is 6.14. The predicted octanol–water partition coefficient (Wildman–Crippen LogP) is 3.18. The third-order valence-corrected chi connectivity index (χ3v) is 4.46. The monoisotopic (exact) mass is 407 g/mol. The van der Waals surface area contributed by atoms with E-state index in [0.29, 0.717) is 22.5 Å². The van der Waals surface area contributed by atoms with Gasteiger partial charge in [-0.1, -0.05) is 6.07 Å². The number of aryl methyl sites for hydroxylation is 1. The summed E-state index contributed by atoms with van der Waals surface area (Å²) in [4.78, 5) is 32.4. The number of nitrogens with one attached hydrogen (secondary N) is 1. The summed E-state index contributed by atoms with van der Waals surface area (Å²) in [6.07, 6.45) is -0.883. The van der Waals surface area contributed by atoms with Crippen LogP contribution in [0.2, 0.25) is 0 Å². The van der Waals surface area contributed by atoms with Gasteiger partial charge in [0.05, 0.1) is 0 Å². The van der Waals surface area contributed by atoms with E-state index in [2.05, 4.69) is 20.0 Å². The summed E-state index contributed by atoms with van der Waals surface area (Å²) in [5, 5.41) is 2.73. The number of nitrogens with zero attached hydrogens (tertiary/aromatic N) is 2. The van der Waals surface area contributed by atoms with Crippen LogP contribution in [0, 0.1) is 12.8 Å². The maximum absolute atomic E-state index is 12.4. The first-order valence-corrected chi connectivity index (χ1v) is 9.13. The number of aromatic nitrogens is 2. The van der Waals surface area contributed by atoms with E-state index in [9.17, 15) is 22.8 Å². The van der Waals surface area contributed by atoms with E-state index in [-0.39, 0.29) is 36.5 Å². The highest BCUT2D eigenvalue weighted by Gasteiger charge is 2.30. The van der Waals surface area contributed by atoms with E-state index in [1.54, 1.807) is 25.1 Å². The standard InChI is InChI=1S/C20H20F3N3O3/c1-12-15(4-5-18(26-12)29-11-20(21,22)23)10-25-19(28)14-6-7-24-16(8-14)9-17(27)13-2-3-13/h4-8,13H,2-3,9-11H2,1H3,(H,25,28). The van der Waals surface area contributed by atoms with E-state index in [0.717, 1.165) is 12.8 Å². The smallest absolute Gasteiger partial charge is 0.422 e. The van der Waals surface area contributed by atoms with Crippen molar-refractivity contribution in [3.8, 4) is 5.88 Å². The van der Waals surface area contributed by atoms with Gasteiger partial charge in [-0.2, -0.15) is 13.2 Å². The molecule has 0 atom stereocenters. The Balaban J connectivity index is 1.56. The van der Waals surface area contributed by atoms with Crippen LogP contribution >= 0.6 is 0 Å². The van der Waals surface area contributed by atoms with Crippen molar-refractivity contribution in [3.05, 3.63) is 53.0 Å². The van der Waals surface area contributed by atoms with Gasteiger partial charge in [0.1, 0.15) is 5.78 Å². The minimum atomic E-state index is -4.44. The number of pyridine rings is 2. The fourth-order valence-corrected chi connectivity index (χ4v) is 2.71. The molecule has 9 heteroatoms. The van der Waals surface area contributed by atoms with Gasteiger partial charge in [0.25, 0.3) is 5.91 Å². The molecular weight excluding hydrogens is 387 g/mol. The zero-order valence-electron chi connectivity index (χ0n) is 15.8. The van der Waals surface area contributed by atoms with Gasteiger partial charge in [-0.25, -0.2) is 4.98 Å². The van der Waals surface area contributed by atoms with Crippen LogP contribution in [0.5, 0.6) is 5.88 Å². The molecule has 0 aliphatic heterocycles. The van der Waals surface area contributed by atoms with Crippen molar-refractivity contribution in [3.63, 3.8) is 0 Å². The van der Waals surface area contributed by atoms with Crippen molar-refractivity contribution in [2.75, 3.05) is 6.61 Å². The molecule has 1 aliphatic rings. The average Bonchev–Trinajstić information content (AvgIpc) is 3.50. The van der Waals surface area contributed by atoms with Crippen LogP contribution < -0.4 is 10.1 Å². The Hall–Kier alpha value is -2.97. The molecule has 154 valence electrons. The second-order valence-electron chi connectivity index (χ2n) is 6.93. The number of rotatable bonds is 8. The van der Waals surface area contributed by atoms with E-state index in [4.69, 9.17) is 0 Å². The predicted molar refractivity (Wildman–Crippen MR) is 97.4 cm³/mol. The van der Waals surface area contributed by atoms with E-state index in [1.807, 2.05) is 0 Å². The largest absolute Gasteiger partial charge is 0.468 e. The third-order valence-electron chi connectivity index (χ3n) is 4.46. The highest BCUT2D eigenvalue weighted by Crippen LogP contribution is 2.30. The lowest BCUT2D eigenvalue weighted by atomic mass is 10.1. The molecule has 1 N–H and O–H groups in total. The van der Waals surface area contributed by atoms with Gasteiger partial charge >= 0.3 is 6.18 Å². The molecule has 0 saturated heterocycles. The Bertz CT molecular complexity index is 911. The lowest BCUT2D eigenvalue weighted by molar-refractivity contribution is -0.154. The molecule has 2 aromatic rings. The number of Topliss-reactive ketones (excluding diaryl/α,β-unsaturated/α-hetero) is 1. The topological polar surface area (TPSA) is 81.2 Å². The summed E-state index contributed by atoms with van der Waals surface area (Å²) < 4.78 is 41.2. The molecular formula is C20H20F3N3O3. The minimum Gasteiger partial charge on any atom is -0.468 e. The van der Waals surface area contributed by atoms with Crippen molar-refractivity contribution >= 4 is 11.7 Å². The average molecular weight is 407 g/mol. The molecule has 3 rings (SSSR count). The van der Waals surface area contributed by atoms with Crippen LogP contribution in [-0.2, 0) is 17.8 Å². The van der Waals surface area contributed by atoms with Gasteiger partial charge < -0.3 is 10.1 Å². The maximum atomic E-state index is 12.4. The van der Waals surface area contributed by atoms with Crippen LogP contribution in [0.25, 0.3) is 0 Å². The second-order valence-corrected chi connectivity index (χ2v) is 6.93. The van der Waals surface area contributed by atoms with Crippen molar-refractivity contribution in [2.24, 2.45) is 5.92 Å². The van der Waals surface area contributed by atoms with Gasteiger partial charge in [-0.3, -0.25) is 14.6 Å². The second kappa shape index (κ2) is 8.59. The zero-order valence-corrected chi connectivity index (χ0v) is 15.8. The highest BCUT2D eigenvalue weighted by atomic mass is 19.4. The number of amides is 1. The van der Waals surface area contributed by atoms with Crippen LogP contribution in [0.3, 0.4) is 0 Å². The van der Waals surface area contributed by atoms with Crippen LogP contribution in [0.1, 0.15) is 40.2 Å². The lowest BCUT2D eigenvalue weighted by Gasteiger charge is -2.11. The fourth-order valence-electron chi connectivity index (χ4n) is 2.71. The highest BCUT2D eigenvalue weighted by molar-refractivity contribution is 5.94. The first-order chi connectivity index (χ1) is 13.7. The number of alkyl halides is 3. The molecule has 2 heterocycles. The Morgan fingerprint density at radius 3 is 2.66 bits per heavy atom. The fraction of sp³-hybridized carbons (Fsp3) is 0.400. The molecule has 1 saturated carbocycles. The van der Waals surface area contributed by atoms with Crippen molar-refractivity contribution in [1.29, 1.82) is 0 Å². The lowest BCUT2D eigenvalue weighted by Crippen LogP contribution is -2.24. The van der Waals surface area contributed by atoms with Crippen LogP contribution in [0.15, 0.2) is 30.5 Å². The SMILES string of the molecule is Cc1nc(OCC(F)(F)F)ccc1CNC(=O)c1ccnc(CC(=O)C2CC2)c1. The molecule has 1 aliphatic carbocycles. The number of ether oxygens (including phenoxy) is 1. The van der Waals surface area contributed by atoms with E-state index in [1.165, 1.54) is 12.3 Å². The number of hydrogen-bond acceptors (Lipinski definition) is 5. The molecule has 29 heavy (non-hydrogen) atoms. The first-order valence-electron chi connectivity index (χ1n) is 9.13. The van der Waals surface area contributed by atoms with Crippen molar-refractivity contribution in [1.82, 2.24) is 15.3 Å². The molecule has 2 aromatic heterocycles. The number of carbonyl (C=O) groups is 2. The Morgan fingerprint density at radius 2 is 2.00 bits per heavy atom. The summed E-state index contributed by atoms with van der Waals surface area (Å²) in [5.41, 5.74) is 2.04. The summed E-state index contributed by atoms with van der Waals surface area (Å²) in [6, 6.07) is 6.03. The first kappa shape index (κ1) is 20.8. The summed E-state index contributed by atoms with van der Waals surface area (Å²) in [7, 11) is 0. The number of hydrogen-bond donors (Lipinski definition) is 1. The molecule has 0 unspecified atom stereocenters. The minimum absolute atomic E-state index is 0.131. The molecule has 1 fully saturated rings. The normalized spacial score (nSPS) is 13.8. The number of halogens is 3. The Morgan fingerprint density at radius 1 is 1.24 bits per heavy atom. The summed E-state index contributed by atoms with van der Waals surface area (Å²) >= 11 is 0. The molecule has 0 spiro atoms. The van der Waals surface area contributed by atoms with Gasteiger partial charge in [-0.05, 0) is 37.5 Å². The molecule has 0 bridgehead atoms. The van der Waals surface area contributed by atoms with Crippen molar-refractivity contribution in [2.45, 2.75) is 38.9 Å². The molecule has 6 nitrogen and oxygen atoms in total. The number of ketones is 1. The Labute approximate surface area is 165 Å². The maximum Gasteiger partial charge on any atom is 0.422 e. The van der Waals surface area contributed by atoms with Crippen LogP contribution in [-0.4, -0.2) is 34.4 Å². The quantitative estimate of drug-likeness (QED) is 0.727. The van der Waals surface area contributed by atoms with Crippen LogP contribution in [0.4, 0.5) is 13.2 Å². The van der Waals surface area contributed by atoms with E-state index < -0.39 is 12.8 Å². The zero-order chi connectivity index (χ0) is 21.0. The molecule has 0 aromatic carbocycles. The molecule has 1 amide bonds. The van der Waals surface area contributed by atoms with E-state index >= 15 is 0 Å². The third kappa shape index (κ3) is 6.27. The molecule has 0 radical (unpaired) electrons. The van der Waals surface area contributed by atoms with Gasteiger partial charge in [0.15, 0.2) is 6.61 Å².